The standard InChI is InChI=1S/C16H16BrFN2O/c17-11-4-6-13(18)10(8-11)9-19-14-2-1-3-15-12(14)5-7-16(21)20-15/h4-8,14,19H,1-3,9H2,(H,20,21). The van der Waals surface area contributed by atoms with E-state index in [4.69, 9.17) is 0 Å². The SMILES string of the molecule is O=c1ccc2c([nH]1)CCCC2NCc1cc(Br)ccc1F. The van der Waals surface area contributed by atoms with Crippen LogP contribution in [-0.2, 0) is 13.0 Å². The summed E-state index contributed by atoms with van der Waals surface area (Å²) in [7, 11) is 0. The minimum Gasteiger partial charge on any atom is -0.326 e. The zero-order valence-electron chi connectivity index (χ0n) is 11.5. The number of hydrogen-bond acceptors (Lipinski definition) is 2. The van der Waals surface area contributed by atoms with Crippen LogP contribution >= 0.6 is 15.9 Å². The molecule has 5 heteroatoms. The van der Waals surface area contributed by atoms with E-state index in [1.807, 2.05) is 6.07 Å². The van der Waals surface area contributed by atoms with Crippen molar-refractivity contribution >= 4 is 15.9 Å². The minimum absolute atomic E-state index is 0.0626. The molecule has 0 bridgehead atoms. The molecule has 0 spiro atoms. The molecule has 110 valence electrons. The van der Waals surface area contributed by atoms with Crippen LogP contribution in [0.15, 0.2) is 39.6 Å². The minimum atomic E-state index is -0.205. The first kappa shape index (κ1) is 14.5. The number of aromatic nitrogens is 1. The molecule has 3 rings (SSSR count). The van der Waals surface area contributed by atoms with Crippen LogP contribution in [0.4, 0.5) is 4.39 Å². The van der Waals surface area contributed by atoms with Gasteiger partial charge in [-0.3, -0.25) is 4.79 Å². The molecule has 1 unspecified atom stereocenters. The highest BCUT2D eigenvalue weighted by Crippen LogP contribution is 2.28. The average Bonchev–Trinajstić information content (AvgIpc) is 2.47. The Hall–Kier alpha value is -1.46. The highest BCUT2D eigenvalue weighted by atomic mass is 79.9. The third kappa shape index (κ3) is 3.24. The Bertz CT molecular complexity index is 714. The lowest BCUT2D eigenvalue weighted by Gasteiger charge is -2.26. The van der Waals surface area contributed by atoms with Crippen molar-refractivity contribution in [2.45, 2.75) is 31.8 Å². The van der Waals surface area contributed by atoms with Crippen molar-refractivity contribution in [1.29, 1.82) is 0 Å². The fourth-order valence-corrected chi connectivity index (χ4v) is 3.23. The molecule has 0 aliphatic heterocycles. The topological polar surface area (TPSA) is 44.9 Å². The number of H-pyrrole nitrogens is 1. The van der Waals surface area contributed by atoms with E-state index in [9.17, 15) is 9.18 Å². The number of aryl methyl sites for hydroxylation is 1. The monoisotopic (exact) mass is 350 g/mol. The maximum atomic E-state index is 13.8. The van der Waals surface area contributed by atoms with Crippen molar-refractivity contribution in [3.63, 3.8) is 0 Å². The van der Waals surface area contributed by atoms with Crippen molar-refractivity contribution in [2.24, 2.45) is 0 Å². The van der Waals surface area contributed by atoms with Crippen LogP contribution < -0.4 is 10.9 Å². The second-order valence-corrected chi connectivity index (χ2v) is 6.23. The van der Waals surface area contributed by atoms with Gasteiger partial charge in [-0.05, 0) is 43.0 Å². The zero-order chi connectivity index (χ0) is 14.8. The lowest BCUT2D eigenvalue weighted by atomic mass is 9.91. The number of hydrogen-bond donors (Lipinski definition) is 2. The summed E-state index contributed by atoms with van der Waals surface area (Å²) < 4.78 is 14.6. The van der Waals surface area contributed by atoms with Crippen molar-refractivity contribution in [3.8, 4) is 0 Å². The third-order valence-electron chi connectivity index (χ3n) is 3.88. The Labute approximate surface area is 130 Å². The van der Waals surface area contributed by atoms with Gasteiger partial charge < -0.3 is 10.3 Å². The average molecular weight is 351 g/mol. The molecule has 1 aliphatic carbocycles. The summed E-state index contributed by atoms with van der Waals surface area (Å²) in [5.41, 5.74) is 2.70. The summed E-state index contributed by atoms with van der Waals surface area (Å²) in [6.07, 6.45) is 2.91. The first-order valence-corrected chi connectivity index (χ1v) is 7.82. The quantitative estimate of drug-likeness (QED) is 0.890. The molecular weight excluding hydrogens is 335 g/mol. The number of aromatic amines is 1. The van der Waals surface area contributed by atoms with Gasteiger partial charge in [-0.1, -0.05) is 22.0 Å². The van der Waals surface area contributed by atoms with Gasteiger partial charge in [-0.15, -0.1) is 0 Å². The Morgan fingerprint density at radius 1 is 1.33 bits per heavy atom. The van der Waals surface area contributed by atoms with Gasteiger partial charge in [0.1, 0.15) is 5.82 Å². The Morgan fingerprint density at radius 2 is 2.19 bits per heavy atom. The highest BCUT2D eigenvalue weighted by molar-refractivity contribution is 9.10. The number of fused-ring (bicyclic) bond motifs is 1. The van der Waals surface area contributed by atoms with Gasteiger partial charge in [0, 0.05) is 34.4 Å². The predicted octanol–water partition coefficient (Wildman–Crippen LogP) is 3.44. The van der Waals surface area contributed by atoms with E-state index < -0.39 is 0 Å². The second-order valence-electron chi connectivity index (χ2n) is 5.32. The highest BCUT2D eigenvalue weighted by Gasteiger charge is 2.20. The van der Waals surface area contributed by atoms with E-state index in [-0.39, 0.29) is 17.4 Å². The van der Waals surface area contributed by atoms with Crippen LogP contribution in [0.2, 0.25) is 0 Å². The van der Waals surface area contributed by atoms with Crippen LogP contribution in [0.25, 0.3) is 0 Å². The van der Waals surface area contributed by atoms with Gasteiger partial charge in [0.2, 0.25) is 5.56 Å². The molecule has 1 heterocycles. The molecule has 1 aromatic carbocycles. The summed E-state index contributed by atoms with van der Waals surface area (Å²) in [6, 6.07) is 8.54. The lowest BCUT2D eigenvalue weighted by Crippen LogP contribution is -2.27. The molecule has 3 nitrogen and oxygen atoms in total. The first-order valence-electron chi connectivity index (χ1n) is 7.03. The summed E-state index contributed by atoms with van der Waals surface area (Å²) in [4.78, 5) is 14.3. The molecular formula is C16H16BrFN2O. The summed E-state index contributed by atoms with van der Waals surface area (Å²) in [5, 5.41) is 3.40. The van der Waals surface area contributed by atoms with E-state index in [2.05, 4.69) is 26.2 Å². The predicted molar refractivity (Wildman–Crippen MR) is 83.7 cm³/mol. The van der Waals surface area contributed by atoms with Crippen LogP contribution in [0.3, 0.4) is 0 Å². The number of nitrogens with one attached hydrogen (secondary N) is 2. The van der Waals surface area contributed by atoms with Gasteiger partial charge in [0.25, 0.3) is 0 Å². The van der Waals surface area contributed by atoms with Gasteiger partial charge in [0.15, 0.2) is 0 Å². The molecule has 0 saturated heterocycles. The molecule has 2 aromatic rings. The fraction of sp³-hybridized carbons (Fsp3) is 0.312. The molecule has 1 aromatic heterocycles. The van der Waals surface area contributed by atoms with Crippen molar-refractivity contribution < 1.29 is 4.39 Å². The third-order valence-corrected chi connectivity index (χ3v) is 4.37. The number of rotatable bonds is 3. The molecule has 1 aliphatic rings. The van der Waals surface area contributed by atoms with E-state index in [1.165, 1.54) is 6.07 Å². The Morgan fingerprint density at radius 3 is 3.05 bits per heavy atom. The van der Waals surface area contributed by atoms with Crippen molar-refractivity contribution in [3.05, 3.63) is 67.8 Å². The molecule has 0 radical (unpaired) electrons. The number of benzene rings is 1. The molecule has 2 N–H and O–H groups in total. The van der Waals surface area contributed by atoms with Gasteiger partial charge in [-0.25, -0.2) is 4.39 Å². The summed E-state index contributed by atoms with van der Waals surface area (Å²) in [5.74, 6) is -0.205. The molecule has 0 saturated carbocycles. The smallest absolute Gasteiger partial charge is 0.248 e. The van der Waals surface area contributed by atoms with Crippen molar-refractivity contribution in [1.82, 2.24) is 10.3 Å². The van der Waals surface area contributed by atoms with Crippen molar-refractivity contribution in [2.75, 3.05) is 0 Å². The van der Waals surface area contributed by atoms with E-state index >= 15 is 0 Å². The second kappa shape index (κ2) is 6.12. The Kier molecular flexibility index (Phi) is 4.22. The van der Waals surface area contributed by atoms with E-state index in [0.29, 0.717) is 12.1 Å². The lowest BCUT2D eigenvalue weighted by molar-refractivity contribution is 0.447. The Balaban J connectivity index is 1.78. The van der Waals surface area contributed by atoms with Gasteiger partial charge >= 0.3 is 0 Å². The molecule has 0 fully saturated rings. The van der Waals surface area contributed by atoms with E-state index in [1.54, 1.807) is 18.2 Å². The summed E-state index contributed by atoms with van der Waals surface area (Å²) >= 11 is 3.36. The van der Waals surface area contributed by atoms with Gasteiger partial charge in [-0.2, -0.15) is 0 Å². The van der Waals surface area contributed by atoms with E-state index in [0.717, 1.165) is 35.0 Å². The molecule has 0 amide bonds. The number of pyridine rings is 1. The maximum absolute atomic E-state index is 13.8. The zero-order valence-corrected chi connectivity index (χ0v) is 13.0. The van der Waals surface area contributed by atoms with Crippen LogP contribution in [0.5, 0.6) is 0 Å². The van der Waals surface area contributed by atoms with Crippen LogP contribution in [0, 0.1) is 5.82 Å². The maximum Gasteiger partial charge on any atom is 0.248 e. The molecule has 1 atom stereocenters. The van der Waals surface area contributed by atoms with Crippen LogP contribution in [0.1, 0.15) is 35.7 Å². The fourth-order valence-electron chi connectivity index (χ4n) is 2.82. The number of halogens is 2. The summed E-state index contributed by atoms with van der Waals surface area (Å²) in [6.45, 7) is 0.467. The normalized spacial score (nSPS) is 17.5. The first-order chi connectivity index (χ1) is 10.1. The van der Waals surface area contributed by atoms with Gasteiger partial charge in [0.05, 0.1) is 0 Å². The van der Waals surface area contributed by atoms with Crippen LogP contribution in [-0.4, -0.2) is 4.98 Å². The largest absolute Gasteiger partial charge is 0.326 e. The molecule has 21 heavy (non-hydrogen) atoms.